The zero-order valence-corrected chi connectivity index (χ0v) is 13.2. The summed E-state index contributed by atoms with van der Waals surface area (Å²) >= 11 is 0. The van der Waals surface area contributed by atoms with Gasteiger partial charge >= 0.3 is 0 Å². The molecule has 0 aromatic heterocycles. The normalized spacial score (nSPS) is 26.5. The van der Waals surface area contributed by atoms with Crippen LogP contribution in [0.5, 0.6) is 0 Å². The monoisotopic (exact) mass is 330 g/mol. The highest BCUT2D eigenvalue weighted by Crippen LogP contribution is 2.55. The third-order valence-electron chi connectivity index (χ3n) is 4.29. The van der Waals surface area contributed by atoms with Gasteiger partial charge < -0.3 is 5.73 Å². The molecule has 23 heavy (non-hydrogen) atoms. The van der Waals surface area contributed by atoms with E-state index in [-0.39, 0.29) is 4.90 Å². The molecule has 1 aliphatic carbocycles. The molecule has 0 spiro atoms. The van der Waals surface area contributed by atoms with Crippen molar-refractivity contribution >= 4 is 9.84 Å². The smallest absolute Gasteiger partial charge is 0.184 e. The standard InChI is InChI=1S/C17H15FN2O2S/c1-11-2-8-14(9-3-11)23(21,22)16-15(17(16,20)10-19)12-4-6-13(18)7-5-12/h2-9,15-16H,20H2,1H3/t15-,16-,17+/m1/s1. The van der Waals surface area contributed by atoms with Crippen molar-refractivity contribution < 1.29 is 12.8 Å². The third kappa shape index (κ3) is 2.42. The van der Waals surface area contributed by atoms with Crippen LogP contribution in [0.1, 0.15) is 17.0 Å². The van der Waals surface area contributed by atoms with Crippen molar-refractivity contribution in [1.29, 1.82) is 5.26 Å². The average molecular weight is 330 g/mol. The second-order valence-electron chi connectivity index (χ2n) is 5.85. The van der Waals surface area contributed by atoms with Gasteiger partial charge in [0, 0.05) is 5.92 Å². The zero-order valence-electron chi connectivity index (χ0n) is 12.4. The fourth-order valence-electron chi connectivity index (χ4n) is 2.94. The van der Waals surface area contributed by atoms with Crippen molar-refractivity contribution in [2.45, 2.75) is 28.5 Å². The van der Waals surface area contributed by atoms with Gasteiger partial charge in [-0.05, 0) is 36.8 Å². The Kier molecular flexibility index (Phi) is 3.51. The molecule has 1 saturated carbocycles. The number of hydrogen-bond donors (Lipinski definition) is 1. The molecule has 0 amide bonds. The van der Waals surface area contributed by atoms with Crippen LogP contribution in [0.15, 0.2) is 53.4 Å². The highest BCUT2D eigenvalue weighted by molar-refractivity contribution is 7.92. The first-order valence-electron chi connectivity index (χ1n) is 7.07. The van der Waals surface area contributed by atoms with Crippen molar-refractivity contribution in [1.82, 2.24) is 0 Å². The minimum Gasteiger partial charge on any atom is -0.312 e. The predicted molar refractivity (Wildman–Crippen MR) is 83.8 cm³/mol. The molecule has 0 heterocycles. The summed E-state index contributed by atoms with van der Waals surface area (Å²) in [5.41, 5.74) is 6.02. The van der Waals surface area contributed by atoms with Crippen LogP contribution in [-0.4, -0.2) is 19.2 Å². The first-order chi connectivity index (χ1) is 10.8. The summed E-state index contributed by atoms with van der Waals surface area (Å²) in [4.78, 5) is 0.141. The minimum atomic E-state index is -3.75. The maximum atomic E-state index is 13.1. The highest BCUT2D eigenvalue weighted by Gasteiger charge is 2.70. The summed E-state index contributed by atoms with van der Waals surface area (Å²) in [7, 11) is -3.75. The number of benzene rings is 2. The SMILES string of the molecule is Cc1ccc(S(=O)(=O)[C@@H]2[C@@H](c3ccc(F)cc3)[C@@]2(N)C#N)cc1. The number of nitriles is 1. The molecule has 2 N–H and O–H groups in total. The van der Waals surface area contributed by atoms with Crippen LogP contribution in [0.25, 0.3) is 0 Å². The molecule has 0 saturated heterocycles. The molecular formula is C17H15FN2O2S. The number of nitrogens with two attached hydrogens (primary N) is 1. The van der Waals surface area contributed by atoms with Crippen molar-refractivity contribution in [3.8, 4) is 6.07 Å². The van der Waals surface area contributed by atoms with Gasteiger partial charge in [-0.1, -0.05) is 29.8 Å². The first kappa shape index (κ1) is 15.7. The number of rotatable bonds is 3. The molecule has 0 unspecified atom stereocenters. The summed E-state index contributed by atoms with van der Waals surface area (Å²) in [5.74, 6) is -1.09. The van der Waals surface area contributed by atoms with E-state index in [9.17, 15) is 18.1 Å². The molecule has 2 aromatic rings. The van der Waals surface area contributed by atoms with E-state index in [2.05, 4.69) is 0 Å². The van der Waals surface area contributed by atoms with Gasteiger partial charge in [0.25, 0.3) is 0 Å². The van der Waals surface area contributed by atoms with E-state index in [1.807, 2.05) is 13.0 Å². The maximum absolute atomic E-state index is 13.1. The molecule has 0 bridgehead atoms. The second kappa shape index (κ2) is 5.15. The van der Waals surface area contributed by atoms with Gasteiger partial charge in [-0.2, -0.15) is 5.26 Å². The first-order valence-corrected chi connectivity index (χ1v) is 8.61. The predicted octanol–water partition coefficient (Wildman–Crippen LogP) is 2.29. The number of halogens is 1. The van der Waals surface area contributed by atoms with Crippen molar-refractivity contribution in [2.24, 2.45) is 5.73 Å². The largest absolute Gasteiger partial charge is 0.312 e. The van der Waals surface area contributed by atoms with Crippen LogP contribution in [0, 0.1) is 24.1 Å². The average Bonchev–Trinajstić information content (AvgIpc) is 3.16. The lowest BCUT2D eigenvalue weighted by atomic mass is 10.1. The molecule has 1 fully saturated rings. The van der Waals surface area contributed by atoms with E-state index in [1.165, 1.54) is 36.4 Å². The Bertz CT molecular complexity index is 886. The maximum Gasteiger partial charge on any atom is 0.184 e. The van der Waals surface area contributed by atoms with Crippen molar-refractivity contribution in [3.05, 3.63) is 65.5 Å². The number of sulfone groups is 1. The molecule has 118 valence electrons. The van der Waals surface area contributed by atoms with E-state index in [1.54, 1.807) is 12.1 Å². The van der Waals surface area contributed by atoms with Crippen molar-refractivity contribution in [3.63, 3.8) is 0 Å². The van der Waals surface area contributed by atoms with Crippen LogP contribution in [0.4, 0.5) is 4.39 Å². The van der Waals surface area contributed by atoms with Gasteiger partial charge in [0.15, 0.2) is 9.84 Å². The van der Waals surface area contributed by atoms with Gasteiger partial charge in [-0.3, -0.25) is 0 Å². The summed E-state index contributed by atoms with van der Waals surface area (Å²) in [5, 5.41) is 8.33. The highest BCUT2D eigenvalue weighted by atomic mass is 32.2. The fourth-order valence-corrected chi connectivity index (χ4v) is 5.12. The molecule has 6 heteroatoms. The number of hydrogen-bond acceptors (Lipinski definition) is 4. The van der Waals surface area contributed by atoms with E-state index >= 15 is 0 Å². The Labute approximate surface area is 134 Å². The molecule has 2 aromatic carbocycles. The molecule has 0 radical (unpaired) electrons. The molecule has 1 aliphatic rings. The molecular weight excluding hydrogens is 315 g/mol. The van der Waals surface area contributed by atoms with Crippen LogP contribution in [-0.2, 0) is 9.84 Å². The van der Waals surface area contributed by atoms with Gasteiger partial charge in [0.1, 0.15) is 16.6 Å². The lowest BCUT2D eigenvalue weighted by Crippen LogP contribution is -2.29. The Morgan fingerprint density at radius 3 is 2.22 bits per heavy atom. The Hall–Kier alpha value is -2.23. The lowest BCUT2D eigenvalue weighted by molar-refractivity contribution is 0.592. The van der Waals surface area contributed by atoms with Crippen LogP contribution >= 0.6 is 0 Å². The molecule has 3 atom stereocenters. The van der Waals surface area contributed by atoms with Gasteiger partial charge in [-0.25, -0.2) is 12.8 Å². The van der Waals surface area contributed by atoms with E-state index in [4.69, 9.17) is 5.73 Å². The van der Waals surface area contributed by atoms with Crippen LogP contribution in [0.2, 0.25) is 0 Å². The van der Waals surface area contributed by atoms with E-state index in [0.29, 0.717) is 5.56 Å². The molecule has 4 nitrogen and oxygen atoms in total. The zero-order chi connectivity index (χ0) is 16.8. The third-order valence-corrected chi connectivity index (χ3v) is 6.55. The molecule has 0 aliphatic heterocycles. The molecule has 3 rings (SSSR count). The van der Waals surface area contributed by atoms with Crippen LogP contribution in [0.3, 0.4) is 0 Å². The Morgan fingerprint density at radius 2 is 1.70 bits per heavy atom. The minimum absolute atomic E-state index is 0.141. The quantitative estimate of drug-likeness (QED) is 0.936. The van der Waals surface area contributed by atoms with Crippen molar-refractivity contribution in [2.75, 3.05) is 0 Å². The van der Waals surface area contributed by atoms with E-state index < -0.39 is 32.4 Å². The topological polar surface area (TPSA) is 83.9 Å². The van der Waals surface area contributed by atoms with Gasteiger partial charge in [0.2, 0.25) is 0 Å². The second-order valence-corrected chi connectivity index (χ2v) is 7.92. The van der Waals surface area contributed by atoms with Gasteiger partial charge in [-0.15, -0.1) is 0 Å². The van der Waals surface area contributed by atoms with Gasteiger partial charge in [0.05, 0.1) is 11.0 Å². The number of aryl methyl sites for hydroxylation is 1. The summed E-state index contributed by atoms with van der Waals surface area (Å²) in [6.45, 7) is 1.86. The Balaban J connectivity index is 2.03. The summed E-state index contributed by atoms with van der Waals surface area (Å²) < 4.78 is 38.7. The summed E-state index contributed by atoms with van der Waals surface area (Å²) in [6, 6.07) is 13.8. The Morgan fingerprint density at radius 1 is 1.13 bits per heavy atom. The lowest BCUT2D eigenvalue weighted by Gasteiger charge is -2.05. The fraction of sp³-hybridized carbons (Fsp3) is 0.235. The summed E-state index contributed by atoms with van der Waals surface area (Å²) in [6.07, 6.45) is 0. The number of nitrogens with zero attached hydrogens (tertiary/aromatic N) is 1. The van der Waals surface area contributed by atoms with Crippen LogP contribution < -0.4 is 5.73 Å². The van der Waals surface area contributed by atoms with E-state index in [0.717, 1.165) is 5.56 Å².